The van der Waals surface area contributed by atoms with Crippen LogP contribution >= 0.6 is 0 Å². The zero-order valence-electron chi connectivity index (χ0n) is 17.5. The van der Waals surface area contributed by atoms with E-state index >= 15 is 0 Å². The van der Waals surface area contributed by atoms with E-state index < -0.39 is 0 Å². The van der Waals surface area contributed by atoms with Gasteiger partial charge in [0.1, 0.15) is 11.6 Å². The maximum Gasteiger partial charge on any atom is 0.147 e. The lowest BCUT2D eigenvalue weighted by Gasteiger charge is -2.22. The predicted molar refractivity (Wildman–Crippen MR) is 118 cm³/mol. The second-order valence-corrected chi connectivity index (χ2v) is 8.06. The number of nitrogens with one attached hydrogen (secondary N) is 1. The molecule has 1 aromatic carbocycles. The number of aryl methyl sites for hydroxylation is 1. The Balaban J connectivity index is 1.42. The molecule has 6 nitrogen and oxygen atoms in total. The molecule has 3 aromatic heterocycles. The summed E-state index contributed by atoms with van der Waals surface area (Å²) in [6.45, 7) is 6.30. The van der Waals surface area contributed by atoms with Crippen LogP contribution in [0.3, 0.4) is 0 Å². The van der Waals surface area contributed by atoms with Crippen LogP contribution in [0.15, 0.2) is 61.2 Å². The number of nitrogens with zero attached hydrogens (tertiary/aromatic N) is 4. The van der Waals surface area contributed by atoms with E-state index in [-0.39, 0.29) is 6.10 Å². The molecule has 0 radical (unpaired) electrons. The Morgan fingerprint density at radius 3 is 2.77 bits per heavy atom. The molecular weight excluding hydrogens is 374 g/mol. The van der Waals surface area contributed by atoms with E-state index in [2.05, 4.69) is 70.5 Å². The molecule has 6 heteroatoms. The van der Waals surface area contributed by atoms with Crippen molar-refractivity contribution in [2.45, 2.75) is 38.8 Å². The Morgan fingerprint density at radius 2 is 1.93 bits per heavy atom. The van der Waals surface area contributed by atoms with E-state index in [0.29, 0.717) is 6.04 Å². The highest BCUT2D eigenvalue weighted by molar-refractivity contribution is 5.80. The van der Waals surface area contributed by atoms with Gasteiger partial charge in [0.15, 0.2) is 0 Å². The van der Waals surface area contributed by atoms with Crippen LogP contribution in [0.2, 0.25) is 0 Å². The molecule has 1 atom stereocenters. The highest BCUT2D eigenvalue weighted by atomic mass is 16.7. The lowest BCUT2D eigenvalue weighted by Crippen LogP contribution is -2.29. The van der Waals surface area contributed by atoms with Crippen LogP contribution in [0.4, 0.5) is 0 Å². The number of fused-ring (bicyclic) bond motifs is 1. The van der Waals surface area contributed by atoms with Crippen molar-refractivity contribution in [3.05, 3.63) is 72.3 Å². The van der Waals surface area contributed by atoms with E-state index in [1.54, 1.807) is 0 Å². The highest BCUT2D eigenvalue weighted by Crippen LogP contribution is 2.26. The molecule has 1 fully saturated rings. The third-order valence-electron chi connectivity index (χ3n) is 6.02. The summed E-state index contributed by atoms with van der Waals surface area (Å²) in [6.07, 6.45) is 10.1. The van der Waals surface area contributed by atoms with Crippen LogP contribution in [0.1, 0.15) is 43.0 Å². The summed E-state index contributed by atoms with van der Waals surface area (Å²) in [7, 11) is 0. The van der Waals surface area contributed by atoms with Gasteiger partial charge in [-0.2, -0.15) is 9.83 Å². The largest absolute Gasteiger partial charge is 0.406 e. The van der Waals surface area contributed by atoms with Gasteiger partial charge in [0.25, 0.3) is 0 Å². The molecule has 4 aromatic rings. The fourth-order valence-corrected chi connectivity index (χ4v) is 4.27. The number of pyridine rings is 1. The molecule has 0 saturated carbocycles. The van der Waals surface area contributed by atoms with Gasteiger partial charge in [-0.3, -0.25) is 9.67 Å². The molecule has 5 rings (SSSR count). The monoisotopic (exact) mass is 401 g/mol. The summed E-state index contributed by atoms with van der Waals surface area (Å²) in [5.74, 6) is 0. The van der Waals surface area contributed by atoms with Crippen molar-refractivity contribution in [3.63, 3.8) is 0 Å². The van der Waals surface area contributed by atoms with Gasteiger partial charge in [0, 0.05) is 29.7 Å². The lowest BCUT2D eigenvalue weighted by atomic mass is 10.1. The fraction of sp³-hybridized carbons (Fsp3) is 0.333. The number of hydrogen-bond acceptors (Lipinski definition) is 4. The van der Waals surface area contributed by atoms with Crippen molar-refractivity contribution in [3.8, 4) is 11.1 Å². The van der Waals surface area contributed by atoms with Gasteiger partial charge in [-0.05, 0) is 63.0 Å². The molecule has 1 unspecified atom stereocenters. The zero-order valence-corrected chi connectivity index (χ0v) is 17.5. The maximum atomic E-state index is 6.27. The van der Waals surface area contributed by atoms with Crippen LogP contribution in [-0.4, -0.2) is 32.6 Å². The molecule has 0 amide bonds. The van der Waals surface area contributed by atoms with Crippen LogP contribution in [0.5, 0.6) is 0 Å². The van der Waals surface area contributed by atoms with Crippen LogP contribution in [0, 0.1) is 6.92 Å². The van der Waals surface area contributed by atoms with E-state index in [9.17, 15) is 0 Å². The second kappa shape index (κ2) is 7.95. The van der Waals surface area contributed by atoms with Crippen LogP contribution < -0.4 is 10.2 Å². The fourth-order valence-electron chi connectivity index (χ4n) is 4.27. The first-order valence-electron chi connectivity index (χ1n) is 10.6. The Kier molecular flexibility index (Phi) is 5.01. The number of rotatable bonds is 5. The molecule has 4 heterocycles. The topological polar surface area (TPSA) is 56.9 Å². The second-order valence-electron chi connectivity index (χ2n) is 8.06. The quantitative estimate of drug-likeness (QED) is 0.541. The van der Waals surface area contributed by atoms with Crippen molar-refractivity contribution in [2.75, 3.05) is 13.1 Å². The van der Waals surface area contributed by atoms with Crippen molar-refractivity contribution >= 4 is 11.0 Å². The molecule has 154 valence electrons. The number of hydrogen-bond donors (Lipinski definition) is 1. The molecule has 0 bridgehead atoms. The number of benzene rings is 1. The average molecular weight is 402 g/mol. The predicted octanol–water partition coefficient (Wildman–Crippen LogP) is 4.32. The van der Waals surface area contributed by atoms with Crippen molar-refractivity contribution in [1.82, 2.24) is 24.8 Å². The van der Waals surface area contributed by atoms with Gasteiger partial charge in [-0.1, -0.05) is 24.3 Å². The normalized spacial score (nSPS) is 16.1. The average Bonchev–Trinajstić information content (AvgIpc) is 3.42. The van der Waals surface area contributed by atoms with Crippen molar-refractivity contribution < 1.29 is 4.84 Å². The van der Waals surface area contributed by atoms with E-state index in [1.165, 1.54) is 11.1 Å². The van der Waals surface area contributed by atoms with E-state index in [1.807, 2.05) is 29.4 Å². The summed E-state index contributed by atoms with van der Waals surface area (Å²) in [5, 5.41) is 8.04. The summed E-state index contributed by atoms with van der Waals surface area (Å²) < 4.78 is 3.94. The van der Waals surface area contributed by atoms with Gasteiger partial charge < -0.3 is 10.2 Å². The molecule has 1 aliphatic rings. The first-order chi connectivity index (χ1) is 14.7. The Labute approximate surface area is 176 Å². The van der Waals surface area contributed by atoms with Crippen LogP contribution in [-0.2, 0) is 0 Å². The zero-order chi connectivity index (χ0) is 20.5. The van der Waals surface area contributed by atoms with Crippen molar-refractivity contribution in [2.24, 2.45) is 0 Å². The minimum atomic E-state index is -0.0619. The van der Waals surface area contributed by atoms with Gasteiger partial charge in [-0.15, -0.1) is 0 Å². The first kappa shape index (κ1) is 18.9. The van der Waals surface area contributed by atoms with Gasteiger partial charge >= 0.3 is 0 Å². The minimum absolute atomic E-state index is 0.0619. The molecule has 1 aliphatic heterocycles. The smallest absolute Gasteiger partial charge is 0.147 e. The summed E-state index contributed by atoms with van der Waals surface area (Å²) in [4.78, 5) is 10.9. The maximum absolute atomic E-state index is 6.27. The molecule has 0 spiro atoms. The van der Waals surface area contributed by atoms with E-state index in [4.69, 9.17) is 4.84 Å². The van der Waals surface area contributed by atoms with Gasteiger partial charge in [0.05, 0.1) is 17.8 Å². The molecule has 1 saturated heterocycles. The Bertz CT molecular complexity index is 1160. The summed E-state index contributed by atoms with van der Waals surface area (Å²) in [5.41, 5.74) is 6.43. The third-order valence-corrected chi connectivity index (χ3v) is 6.02. The standard InChI is InChI=1S/C24H27N5O/c1-17-5-3-4-6-22(17)18(2)30-29-12-9-23-24(29)13-19(14-26-23)20-15-27-28(16-20)21-7-10-25-11-8-21/h3-6,9,12-16,18,21,25H,7-8,10-11H2,1-2H3. The first-order valence-corrected chi connectivity index (χ1v) is 10.6. The lowest BCUT2D eigenvalue weighted by molar-refractivity contribution is 0.0559. The number of piperidine rings is 1. The van der Waals surface area contributed by atoms with E-state index in [0.717, 1.165) is 48.1 Å². The van der Waals surface area contributed by atoms with Gasteiger partial charge in [0.2, 0.25) is 0 Å². The number of aromatic nitrogens is 4. The Morgan fingerprint density at radius 1 is 1.10 bits per heavy atom. The highest BCUT2D eigenvalue weighted by Gasteiger charge is 2.17. The SMILES string of the molecule is Cc1ccccc1C(C)On1ccc2ncc(-c3cnn(C4CCNCC4)c3)cc21. The van der Waals surface area contributed by atoms with Crippen LogP contribution in [0.25, 0.3) is 22.2 Å². The molecule has 0 aliphatic carbocycles. The third kappa shape index (κ3) is 3.59. The van der Waals surface area contributed by atoms with Crippen molar-refractivity contribution in [1.29, 1.82) is 0 Å². The Hall–Kier alpha value is -3.12. The van der Waals surface area contributed by atoms with Gasteiger partial charge in [-0.25, -0.2) is 0 Å². The minimum Gasteiger partial charge on any atom is -0.406 e. The summed E-state index contributed by atoms with van der Waals surface area (Å²) in [6, 6.07) is 12.9. The molecule has 1 N–H and O–H groups in total. The summed E-state index contributed by atoms with van der Waals surface area (Å²) >= 11 is 0. The molecular formula is C24H27N5O. The molecule has 30 heavy (non-hydrogen) atoms.